The second-order valence-electron chi connectivity index (χ2n) is 3.53. The number of carbonyl (C=O) groups is 1. The van der Waals surface area contributed by atoms with E-state index in [4.69, 9.17) is 5.73 Å². The average Bonchev–Trinajstić information content (AvgIpc) is 2.24. The van der Waals surface area contributed by atoms with Crippen LogP contribution in [-0.4, -0.2) is 49.8 Å². The Hall–Kier alpha value is -0.820. The third-order valence-corrected chi connectivity index (χ3v) is 2.09. The van der Waals surface area contributed by atoms with Gasteiger partial charge in [-0.2, -0.15) is 13.2 Å². The highest BCUT2D eigenvalue weighted by Crippen LogP contribution is 2.14. The third-order valence-electron chi connectivity index (χ3n) is 2.09. The first-order valence-corrected chi connectivity index (χ1v) is 5.53. The van der Waals surface area contributed by atoms with Crippen LogP contribution in [0.4, 0.5) is 13.2 Å². The van der Waals surface area contributed by atoms with E-state index in [9.17, 15) is 18.0 Å². The van der Waals surface area contributed by atoms with Gasteiger partial charge in [-0.15, -0.1) is 0 Å². The minimum atomic E-state index is -4.34. The van der Waals surface area contributed by atoms with Crippen molar-refractivity contribution in [2.75, 3.05) is 32.8 Å². The zero-order valence-corrected chi connectivity index (χ0v) is 9.92. The molecule has 4 nitrogen and oxygen atoms in total. The largest absolute Gasteiger partial charge is 0.411 e. The lowest BCUT2D eigenvalue weighted by Crippen LogP contribution is -2.33. The van der Waals surface area contributed by atoms with Gasteiger partial charge in [-0.1, -0.05) is 0 Å². The minimum absolute atomic E-state index is 0.0332. The Morgan fingerprint density at radius 3 is 2.53 bits per heavy atom. The van der Waals surface area contributed by atoms with E-state index in [-0.39, 0.29) is 18.9 Å². The molecule has 0 aliphatic rings. The molecule has 0 spiro atoms. The van der Waals surface area contributed by atoms with Gasteiger partial charge in [0, 0.05) is 13.1 Å². The predicted molar refractivity (Wildman–Crippen MR) is 57.4 cm³/mol. The molecule has 0 aromatic rings. The molecule has 2 N–H and O–H groups in total. The zero-order valence-electron chi connectivity index (χ0n) is 9.92. The first kappa shape index (κ1) is 16.2. The first-order valence-electron chi connectivity index (χ1n) is 5.53. The highest BCUT2D eigenvalue weighted by Gasteiger charge is 2.27. The van der Waals surface area contributed by atoms with E-state index in [1.807, 2.05) is 6.92 Å². The van der Waals surface area contributed by atoms with Crippen molar-refractivity contribution < 1.29 is 22.7 Å². The van der Waals surface area contributed by atoms with Crippen molar-refractivity contribution in [2.45, 2.75) is 25.9 Å². The summed E-state index contributed by atoms with van der Waals surface area (Å²) in [4.78, 5) is 13.1. The third kappa shape index (κ3) is 8.93. The number of rotatable bonds is 8. The lowest BCUT2D eigenvalue weighted by Gasteiger charge is -2.20. The van der Waals surface area contributed by atoms with Gasteiger partial charge in [0.1, 0.15) is 6.61 Å². The van der Waals surface area contributed by atoms with E-state index in [2.05, 4.69) is 4.74 Å². The first-order chi connectivity index (χ1) is 7.90. The van der Waals surface area contributed by atoms with Crippen LogP contribution in [0.2, 0.25) is 0 Å². The number of halogens is 3. The molecule has 102 valence electrons. The number of nitrogens with zero attached hydrogens (tertiary/aromatic N) is 1. The maximum Gasteiger partial charge on any atom is 0.411 e. The van der Waals surface area contributed by atoms with Crippen molar-refractivity contribution in [1.82, 2.24) is 4.90 Å². The molecule has 0 unspecified atom stereocenters. The van der Waals surface area contributed by atoms with Crippen LogP contribution in [0.25, 0.3) is 0 Å². The number of ether oxygens (including phenoxy) is 1. The van der Waals surface area contributed by atoms with Gasteiger partial charge in [0.25, 0.3) is 0 Å². The SMILES string of the molecule is CCN(CCCN)C(=O)CCOCC(F)(F)F. The summed E-state index contributed by atoms with van der Waals surface area (Å²) >= 11 is 0. The normalized spacial score (nSPS) is 11.6. The fraction of sp³-hybridized carbons (Fsp3) is 0.900. The summed E-state index contributed by atoms with van der Waals surface area (Å²) in [5, 5.41) is 0. The van der Waals surface area contributed by atoms with Gasteiger partial charge in [-0.3, -0.25) is 4.79 Å². The van der Waals surface area contributed by atoms with Crippen molar-refractivity contribution in [1.29, 1.82) is 0 Å². The molecule has 0 saturated carbocycles. The van der Waals surface area contributed by atoms with E-state index in [1.165, 1.54) is 0 Å². The van der Waals surface area contributed by atoms with Crippen LogP contribution in [0.1, 0.15) is 19.8 Å². The van der Waals surface area contributed by atoms with E-state index in [0.29, 0.717) is 26.1 Å². The number of hydrogen-bond donors (Lipinski definition) is 1. The maximum absolute atomic E-state index is 11.7. The van der Waals surface area contributed by atoms with Crippen molar-refractivity contribution in [3.8, 4) is 0 Å². The molecule has 0 aromatic heterocycles. The molecule has 7 heteroatoms. The maximum atomic E-state index is 11.7. The highest BCUT2D eigenvalue weighted by atomic mass is 19.4. The number of nitrogens with two attached hydrogens (primary N) is 1. The molecule has 0 aromatic carbocycles. The fourth-order valence-corrected chi connectivity index (χ4v) is 1.25. The van der Waals surface area contributed by atoms with Gasteiger partial charge < -0.3 is 15.4 Å². The van der Waals surface area contributed by atoms with Gasteiger partial charge in [-0.25, -0.2) is 0 Å². The van der Waals surface area contributed by atoms with Crippen LogP contribution >= 0.6 is 0 Å². The summed E-state index contributed by atoms with van der Waals surface area (Å²) in [6.07, 6.45) is -3.69. The number of amides is 1. The lowest BCUT2D eigenvalue weighted by atomic mass is 10.3. The molecule has 0 rings (SSSR count). The van der Waals surface area contributed by atoms with Crippen molar-refractivity contribution >= 4 is 5.91 Å². The monoisotopic (exact) mass is 256 g/mol. The molecule has 0 saturated heterocycles. The van der Waals surface area contributed by atoms with Crippen LogP contribution < -0.4 is 5.73 Å². The lowest BCUT2D eigenvalue weighted by molar-refractivity contribution is -0.175. The van der Waals surface area contributed by atoms with E-state index >= 15 is 0 Å². The summed E-state index contributed by atoms with van der Waals surface area (Å²) in [5.41, 5.74) is 5.31. The quantitative estimate of drug-likeness (QED) is 0.663. The molecule has 0 atom stereocenters. The highest BCUT2D eigenvalue weighted by molar-refractivity contribution is 5.76. The molecule has 0 aliphatic heterocycles. The fourth-order valence-electron chi connectivity index (χ4n) is 1.25. The van der Waals surface area contributed by atoms with Crippen molar-refractivity contribution in [3.05, 3.63) is 0 Å². The average molecular weight is 256 g/mol. The standard InChI is InChI=1S/C10H19F3N2O2/c1-2-15(6-3-5-14)9(16)4-7-17-8-10(11,12)13/h2-8,14H2,1H3. The van der Waals surface area contributed by atoms with E-state index < -0.39 is 12.8 Å². The van der Waals surface area contributed by atoms with Crippen LogP contribution in [-0.2, 0) is 9.53 Å². The second kappa shape index (κ2) is 8.30. The van der Waals surface area contributed by atoms with E-state index in [1.54, 1.807) is 4.90 Å². The Bertz CT molecular complexity index is 222. The second-order valence-corrected chi connectivity index (χ2v) is 3.53. The Labute approximate surface area is 98.9 Å². The molecule has 1 amide bonds. The number of alkyl halides is 3. The van der Waals surface area contributed by atoms with Gasteiger partial charge in [0.05, 0.1) is 13.0 Å². The van der Waals surface area contributed by atoms with Crippen LogP contribution in [0.15, 0.2) is 0 Å². The van der Waals surface area contributed by atoms with Gasteiger partial charge in [-0.05, 0) is 19.9 Å². The van der Waals surface area contributed by atoms with Gasteiger partial charge in [0.2, 0.25) is 5.91 Å². The Morgan fingerprint density at radius 1 is 1.41 bits per heavy atom. The molecule has 0 bridgehead atoms. The molecular weight excluding hydrogens is 237 g/mol. The number of hydrogen-bond acceptors (Lipinski definition) is 3. The molecule has 17 heavy (non-hydrogen) atoms. The molecule has 0 radical (unpaired) electrons. The summed E-state index contributed by atoms with van der Waals surface area (Å²) < 4.78 is 39.6. The summed E-state index contributed by atoms with van der Waals surface area (Å²) in [7, 11) is 0. The molecule has 0 fully saturated rings. The van der Waals surface area contributed by atoms with Gasteiger partial charge >= 0.3 is 6.18 Å². The molecule has 0 heterocycles. The Kier molecular flexibility index (Phi) is 7.90. The van der Waals surface area contributed by atoms with Crippen LogP contribution in [0.5, 0.6) is 0 Å². The van der Waals surface area contributed by atoms with E-state index in [0.717, 1.165) is 0 Å². The molecule has 0 aliphatic carbocycles. The zero-order chi connectivity index (χ0) is 13.3. The summed E-state index contributed by atoms with van der Waals surface area (Å²) in [6, 6.07) is 0. The van der Waals surface area contributed by atoms with Crippen LogP contribution in [0, 0.1) is 0 Å². The Morgan fingerprint density at radius 2 is 2.06 bits per heavy atom. The number of carbonyl (C=O) groups excluding carboxylic acids is 1. The summed E-state index contributed by atoms with van der Waals surface area (Å²) in [6.45, 7) is 1.83. The smallest absolute Gasteiger partial charge is 0.372 e. The predicted octanol–water partition coefficient (Wildman–Crippen LogP) is 1.15. The van der Waals surface area contributed by atoms with Crippen LogP contribution in [0.3, 0.4) is 0 Å². The van der Waals surface area contributed by atoms with Crippen molar-refractivity contribution in [2.24, 2.45) is 5.73 Å². The van der Waals surface area contributed by atoms with Crippen molar-refractivity contribution in [3.63, 3.8) is 0 Å². The molecular formula is C10H19F3N2O2. The summed E-state index contributed by atoms with van der Waals surface area (Å²) in [5.74, 6) is -0.205. The Balaban J connectivity index is 3.75. The minimum Gasteiger partial charge on any atom is -0.372 e. The van der Waals surface area contributed by atoms with Gasteiger partial charge in [0.15, 0.2) is 0 Å². The topological polar surface area (TPSA) is 55.6 Å².